The van der Waals surface area contributed by atoms with Crippen LogP contribution < -0.4 is 0 Å². The second-order valence-corrected chi connectivity index (χ2v) is 20.5. The van der Waals surface area contributed by atoms with E-state index in [2.05, 4.69) is 54.5 Å². The molecular formula is C50H86O7. The predicted octanol–water partition coefficient (Wildman–Crippen LogP) is 11.6. The van der Waals surface area contributed by atoms with Crippen molar-refractivity contribution in [2.75, 3.05) is 6.61 Å². The Labute approximate surface area is 348 Å². The van der Waals surface area contributed by atoms with Gasteiger partial charge in [0, 0.05) is 6.42 Å². The number of hydrogen-bond acceptors (Lipinski definition) is 7. The van der Waals surface area contributed by atoms with Crippen LogP contribution in [-0.2, 0) is 19.0 Å². The summed E-state index contributed by atoms with van der Waals surface area (Å²) in [6.07, 6.45) is 24.5. The monoisotopic (exact) mass is 799 g/mol. The Morgan fingerprint density at radius 3 is 2.11 bits per heavy atom. The number of esters is 1. The predicted molar refractivity (Wildman–Crippen MR) is 230 cm³/mol. The number of hydrogen-bond donors (Lipinski definition) is 3. The number of ether oxygens (including phenoxy) is 3. The van der Waals surface area contributed by atoms with E-state index in [1.807, 2.05) is 0 Å². The SMILES string of the molecule is CCCCCCCCCCCCCCCC(=O)OCC1OC(OC2CCC3(C)C(=CCC4C3CCC3(C)C(C(C)CCC(C)=C(C)C)CCC43)C2)C(O)C(O)C1O. The quantitative estimate of drug-likeness (QED) is 0.0569. The average Bonchev–Trinajstić information content (AvgIpc) is 3.55. The minimum Gasteiger partial charge on any atom is -0.463 e. The van der Waals surface area contributed by atoms with Gasteiger partial charge in [0.05, 0.1) is 6.10 Å². The first-order valence-corrected chi connectivity index (χ1v) is 24.1. The van der Waals surface area contributed by atoms with Gasteiger partial charge in [-0.05, 0) is 132 Å². The molecule has 0 amide bonds. The zero-order valence-electron chi connectivity index (χ0n) is 37.6. The third-order valence-corrected chi connectivity index (χ3v) is 16.5. The second-order valence-electron chi connectivity index (χ2n) is 20.5. The van der Waals surface area contributed by atoms with Crippen LogP contribution in [0.3, 0.4) is 0 Å². The maximum Gasteiger partial charge on any atom is 0.305 e. The zero-order valence-corrected chi connectivity index (χ0v) is 37.6. The molecule has 4 fully saturated rings. The molecule has 0 aromatic carbocycles. The molecule has 1 saturated heterocycles. The molecule has 0 spiro atoms. The largest absolute Gasteiger partial charge is 0.463 e. The topological polar surface area (TPSA) is 105 Å². The molecule has 0 aromatic rings. The van der Waals surface area contributed by atoms with Gasteiger partial charge in [0.1, 0.15) is 31.0 Å². The van der Waals surface area contributed by atoms with Gasteiger partial charge < -0.3 is 29.5 Å². The van der Waals surface area contributed by atoms with Gasteiger partial charge in [-0.25, -0.2) is 0 Å². The lowest BCUT2D eigenvalue weighted by molar-refractivity contribution is -0.313. The van der Waals surface area contributed by atoms with Crippen molar-refractivity contribution in [1.82, 2.24) is 0 Å². The highest BCUT2D eigenvalue weighted by molar-refractivity contribution is 5.69. The van der Waals surface area contributed by atoms with Gasteiger partial charge in [-0.15, -0.1) is 0 Å². The number of aliphatic hydroxyl groups excluding tert-OH is 3. The van der Waals surface area contributed by atoms with Crippen LogP contribution in [0.15, 0.2) is 22.8 Å². The third kappa shape index (κ3) is 11.8. The third-order valence-electron chi connectivity index (χ3n) is 16.5. The molecule has 13 unspecified atom stereocenters. The van der Waals surface area contributed by atoms with E-state index in [-0.39, 0.29) is 24.1 Å². The molecule has 3 saturated carbocycles. The molecule has 5 aliphatic rings. The van der Waals surface area contributed by atoms with Crippen LogP contribution in [0.5, 0.6) is 0 Å². The Balaban J connectivity index is 1.04. The van der Waals surface area contributed by atoms with E-state index in [1.165, 1.54) is 114 Å². The van der Waals surface area contributed by atoms with Crippen LogP contribution >= 0.6 is 0 Å². The second kappa shape index (κ2) is 22.0. The van der Waals surface area contributed by atoms with Gasteiger partial charge in [0.2, 0.25) is 0 Å². The number of rotatable bonds is 22. The van der Waals surface area contributed by atoms with Crippen LogP contribution in [0.2, 0.25) is 0 Å². The molecule has 1 aliphatic heterocycles. The van der Waals surface area contributed by atoms with Gasteiger partial charge in [-0.2, -0.15) is 0 Å². The fourth-order valence-corrected chi connectivity index (χ4v) is 12.5. The summed E-state index contributed by atoms with van der Waals surface area (Å²) in [6, 6.07) is 0. The van der Waals surface area contributed by atoms with Crippen LogP contribution in [0.25, 0.3) is 0 Å². The summed E-state index contributed by atoms with van der Waals surface area (Å²) < 4.78 is 18.0. The van der Waals surface area contributed by atoms with E-state index in [9.17, 15) is 20.1 Å². The molecule has 4 aliphatic carbocycles. The first kappa shape index (κ1) is 46.8. The first-order valence-electron chi connectivity index (χ1n) is 24.1. The molecular weight excluding hydrogens is 713 g/mol. The normalized spacial score (nSPS) is 36.8. The lowest BCUT2D eigenvalue weighted by Crippen LogP contribution is -2.60. The van der Waals surface area contributed by atoms with E-state index >= 15 is 0 Å². The van der Waals surface area contributed by atoms with E-state index in [4.69, 9.17) is 14.2 Å². The number of unbranched alkanes of at least 4 members (excludes halogenated alkanes) is 12. The summed E-state index contributed by atoms with van der Waals surface area (Å²) in [5, 5.41) is 32.5. The Morgan fingerprint density at radius 2 is 1.46 bits per heavy atom. The fourth-order valence-electron chi connectivity index (χ4n) is 12.5. The number of aliphatic hydroxyl groups is 3. The van der Waals surface area contributed by atoms with Gasteiger partial charge in [0.15, 0.2) is 6.29 Å². The van der Waals surface area contributed by atoms with E-state index in [1.54, 1.807) is 5.57 Å². The minimum atomic E-state index is -1.44. The van der Waals surface area contributed by atoms with Gasteiger partial charge in [0.25, 0.3) is 0 Å². The summed E-state index contributed by atoms with van der Waals surface area (Å²) >= 11 is 0. The van der Waals surface area contributed by atoms with Crippen LogP contribution in [0.4, 0.5) is 0 Å². The van der Waals surface area contributed by atoms with Crippen LogP contribution in [0, 0.1) is 40.4 Å². The number of carbonyl (C=O) groups excluding carboxylic acids is 1. The van der Waals surface area contributed by atoms with E-state index in [0.717, 1.165) is 68.6 Å². The van der Waals surface area contributed by atoms with Crippen molar-refractivity contribution in [3.63, 3.8) is 0 Å². The van der Waals surface area contributed by atoms with Crippen molar-refractivity contribution in [3.8, 4) is 0 Å². The molecule has 0 aromatic heterocycles. The highest BCUT2D eigenvalue weighted by Crippen LogP contribution is 2.67. The maximum absolute atomic E-state index is 12.6. The first-order chi connectivity index (χ1) is 27.3. The molecule has 7 nitrogen and oxygen atoms in total. The summed E-state index contributed by atoms with van der Waals surface area (Å²) in [4.78, 5) is 12.6. The Morgan fingerprint density at radius 1 is 0.807 bits per heavy atom. The fraction of sp³-hybridized carbons (Fsp3) is 0.900. The van der Waals surface area contributed by atoms with Crippen LogP contribution in [0.1, 0.15) is 203 Å². The van der Waals surface area contributed by atoms with E-state index in [0.29, 0.717) is 17.8 Å². The zero-order chi connectivity index (χ0) is 41.2. The smallest absolute Gasteiger partial charge is 0.305 e. The summed E-state index contributed by atoms with van der Waals surface area (Å²) in [5.74, 6) is 3.52. The lowest BCUT2D eigenvalue weighted by Gasteiger charge is -2.58. The Hall–Kier alpha value is -1.25. The number of allylic oxidation sites excluding steroid dienone is 3. The molecule has 328 valence electrons. The van der Waals surface area contributed by atoms with Crippen molar-refractivity contribution < 1.29 is 34.3 Å². The molecule has 0 radical (unpaired) electrons. The summed E-state index contributed by atoms with van der Waals surface area (Å²) in [5.41, 5.74) is 5.15. The summed E-state index contributed by atoms with van der Waals surface area (Å²) in [7, 11) is 0. The molecule has 3 N–H and O–H groups in total. The Kier molecular flexibility index (Phi) is 18.1. The standard InChI is InChI=1S/C50H86O7/c1-8-9-10-11-12-13-14-15-16-17-18-19-20-21-44(51)55-33-43-45(52)46(53)47(54)48(57-43)56-38-28-30-49(6)37(32-38)24-25-39-41-27-26-40(50(41,7)31-29-42(39)49)36(5)23-22-35(4)34(2)3/h24,36,38-43,45-48,52-54H,8-23,25-33H2,1-7H3. The van der Waals surface area contributed by atoms with Crippen molar-refractivity contribution >= 4 is 5.97 Å². The van der Waals surface area contributed by atoms with Gasteiger partial charge in [-0.3, -0.25) is 4.79 Å². The molecule has 5 rings (SSSR count). The molecule has 1 heterocycles. The van der Waals surface area contributed by atoms with Crippen molar-refractivity contribution in [2.24, 2.45) is 40.4 Å². The number of carbonyl (C=O) groups is 1. The molecule has 13 atom stereocenters. The molecule has 7 heteroatoms. The van der Waals surface area contributed by atoms with Gasteiger partial charge >= 0.3 is 5.97 Å². The van der Waals surface area contributed by atoms with E-state index < -0.39 is 30.7 Å². The summed E-state index contributed by atoms with van der Waals surface area (Å²) in [6.45, 7) is 16.6. The van der Waals surface area contributed by atoms with Crippen molar-refractivity contribution in [2.45, 2.75) is 239 Å². The lowest BCUT2D eigenvalue weighted by atomic mass is 9.47. The van der Waals surface area contributed by atoms with Crippen molar-refractivity contribution in [3.05, 3.63) is 22.8 Å². The van der Waals surface area contributed by atoms with Crippen molar-refractivity contribution in [1.29, 1.82) is 0 Å². The molecule has 57 heavy (non-hydrogen) atoms. The highest BCUT2D eigenvalue weighted by Gasteiger charge is 2.59. The van der Waals surface area contributed by atoms with Crippen LogP contribution in [-0.4, -0.2) is 64.7 Å². The highest BCUT2D eigenvalue weighted by atomic mass is 16.7. The maximum atomic E-state index is 12.6. The molecule has 0 bridgehead atoms. The average molecular weight is 799 g/mol. The minimum absolute atomic E-state index is 0.142. The van der Waals surface area contributed by atoms with Gasteiger partial charge in [-0.1, -0.05) is 128 Å². The number of fused-ring (bicyclic) bond motifs is 5. The Bertz CT molecular complexity index is 1310.